The lowest BCUT2D eigenvalue weighted by Gasteiger charge is -2.05. The SMILES string of the molecule is Cc1ccc(-n2cc(S(C)(=O)=O)cn2)c(N)c1. The van der Waals surface area contributed by atoms with Gasteiger partial charge in [0.25, 0.3) is 0 Å². The van der Waals surface area contributed by atoms with E-state index in [-0.39, 0.29) is 4.90 Å². The summed E-state index contributed by atoms with van der Waals surface area (Å²) in [5.41, 5.74) is 8.14. The van der Waals surface area contributed by atoms with Gasteiger partial charge >= 0.3 is 0 Å². The number of benzene rings is 1. The van der Waals surface area contributed by atoms with Crippen molar-refractivity contribution in [3.05, 3.63) is 36.2 Å². The second-order valence-electron chi connectivity index (χ2n) is 3.96. The van der Waals surface area contributed by atoms with Crippen molar-refractivity contribution in [1.82, 2.24) is 9.78 Å². The molecule has 0 saturated heterocycles. The highest BCUT2D eigenvalue weighted by Crippen LogP contribution is 2.19. The minimum Gasteiger partial charge on any atom is -0.397 e. The molecule has 0 aliphatic heterocycles. The zero-order valence-electron chi connectivity index (χ0n) is 9.58. The van der Waals surface area contributed by atoms with Crippen LogP contribution in [0.4, 0.5) is 5.69 Å². The van der Waals surface area contributed by atoms with Gasteiger partial charge in [-0.1, -0.05) is 6.07 Å². The molecule has 0 unspecified atom stereocenters. The van der Waals surface area contributed by atoms with Gasteiger partial charge < -0.3 is 5.73 Å². The molecule has 1 aromatic heterocycles. The number of nitrogen functional groups attached to an aromatic ring is 1. The van der Waals surface area contributed by atoms with Crippen LogP contribution in [-0.2, 0) is 9.84 Å². The largest absolute Gasteiger partial charge is 0.397 e. The summed E-state index contributed by atoms with van der Waals surface area (Å²) in [6.07, 6.45) is 3.91. The fourth-order valence-electron chi connectivity index (χ4n) is 1.51. The lowest BCUT2D eigenvalue weighted by molar-refractivity contribution is 0.602. The molecule has 90 valence electrons. The van der Waals surface area contributed by atoms with E-state index in [1.807, 2.05) is 25.1 Å². The lowest BCUT2D eigenvalue weighted by Crippen LogP contribution is -2.00. The molecular formula is C11H13N3O2S. The molecule has 0 spiro atoms. The first-order chi connectivity index (χ1) is 7.88. The molecule has 2 N–H and O–H groups in total. The topological polar surface area (TPSA) is 78.0 Å². The summed E-state index contributed by atoms with van der Waals surface area (Å²) in [4.78, 5) is 0.178. The first-order valence-electron chi connectivity index (χ1n) is 4.99. The molecule has 5 nitrogen and oxygen atoms in total. The Bertz CT molecular complexity index is 659. The van der Waals surface area contributed by atoms with Crippen LogP contribution in [0.15, 0.2) is 35.5 Å². The zero-order chi connectivity index (χ0) is 12.6. The Labute approximate surface area is 99.8 Å². The normalized spacial score (nSPS) is 11.6. The lowest BCUT2D eigenvalue weighted by atomic mass is 10.2. The quantitative estimate of drug-likeness (QED) is 0.813. The van der Waals surface area contributed by atoms with Gasteiger partial charge in [0.2, 0.25) is 0 Å². The van der Waals surface area contributed by atoms with Gasteiger partial charge in [-0.15, -0.1) is 0 Å². The van der Waals surface area contributed by atoms with Crippen molar-refractivity contribution < 1.29 is 8.42 Å². The molecule has 0 aliphatic carbocycles. The molecule has 2 rings (SSSR count). The Morgan fingerprint density at radius 1 is 1.35 bits per heavy atom. The second kappa shape index (κ2) is 3.89. The Balaban J connectivity index is 2.51. The van der Waals surface area contributed by atoms with Crippen molar-refractivity contribution in [2.45, 2.75) is 11.8 Å². The Morgan fingerprint density at radius 2 is 2.06 bits per heavy atom. The molecule has 17 heavy (non-hydrogen) atoms. The smallest absolute Gasteiger partial charge is 0.178 e. The number of hydrogen-bond acceptors (Lipinski definition) is 4. The fraction of sp³-hybridized carbons (Fsp3) is 0.182. The van der Waals surface area contributed by atoms with E-state index in [1.165, 1.54) is 17.1 Å². The number of rotatable bonds is 2. The van der Waals surface area contributed by atoms with Gasteiger partial charge in [0.05, 0.1) is 17.6 Å². The van der Waals surface area contributed by atoms with Crippen LogP contribution >= 0.6 is 0 Å². The molecule has 0 bridgehead atoms. The van der Waals surface area contributed by atoms with Gasteiger partial charge in [-0.2, -0.15) is 5.10 Å². The van der Waals surface area contributed by atoms with Gasteiger partial charge in [-0.25, -0.2) is 13.1 Å². The van der Waals surface area contributed by atoms with Crippen molar-refractivity contribution in [2.24, 2.45) is 0 Å². The van der Waals surface area contributed by atoms with E-state index in [0.717, 1.165) is 11.8 Å². The predicted molar refractivity (Wildman–Crippen MR) is 65.8 cm³/mol. The Kier molecular flexibility index (Phi) is 2.66. The minimum atomic E-state index is -3.24. The van der Waals surface area contributed by atoms with E-state index >= 15 is 0 Å². The van der Waals surface area contributed by atoms with Crippen molar-refractivity contribution in [2.75, 3.05) is 12.0 Å². The molecule has 1 heterocycles. The van der Waals surface area contributed by atoms with Crippen molar-refractivity contribution >= 4 is 15.5 Å². The standard InChI is InChI=1S/C11H13N3O2S/c1-8-3-4-11(10(12)5-8)14-7-9(6-13-14)17(2,15)16/h3-7H,12H2,1-2H3. The second-order valence-corrected chi connectivity index (χ2v) is 5.97. The summed E-state index contributed by atoms with van der Waals surface area (Å²) in [5.74, 6) is 0. The number of sulfone groups is 1. The predicted octanol–water partition coefficient (Wildman–Crippen LogP) is 1.17. The number of nitrogens with two attached hydrogens (primary N) is 1. The van der Waals surface area contributed by atoms with Crippen molar-refractivity contribution in [3.8, 4) is 5.69 Å². The summed E-state index contributed by atoms with van der Waals surface area (Å²) >= 11 is 0. The minimum absolute atomic E-state index is 0.178. The molecule has 0 aliphatic rings. The molecule has 0 atom stereocenters. The van der Waals surface area contributed by atoms with Crippen LogP contribution in [0.25, 0.3) is 5.69 Å². The van der Waals surface area contributed by atoms with E-state index in [9.17, 15) is 8.42 Å². The van der Waals surface area contributed by atoms with E-state index in [1.54, 1.807) is 0 Å². The Morgan fingerprint density at radius 3 is 2.59 bits per heavy atom. The third-order valence-electron chi connectivity index (χ3n) is 2.42. The highest BCUT2D eigenvalue weighted by Gasteiger charge is 2.11. The molecule has 0 radical (unpaired) electrons. The summed E-state index contributed by atoms with van der Waals surface area (Å²) in [7, 11) is -3.24. The number of anilines is 1. The van der Waals surface area contributed by atoms with Crippen LogP contribution in [0.2, 0.25) is 0 Å². The molecule has 1 aromatic carbocycles. The van der Waals surface area contributed by atoms with Crippen LogP contribution in [0.3, 0.4) is 0 Å². The van der Waals surface area contributed by atoms with Crippen LogP contribution < -0.4 is 5.73 Å². The first-order valence-corrected chi connectivity index (χ1v) is 6.88. The molecule has 2 aromatic rings. The third kappa shape index (κ3) is 2.31. The summed E-state index contributed by atoms with van der Waals surface area (Å²) in [6, 6.07) is 5.52. The van der Waals surface area contributed by atoms with Gasteiger partial charge in [-0.05, 0) is 24.6 Å². The molecule has 0 saturated carbocycles. The monoisotopic (exact) mass is 251 g/mol. The average Bonchev–Trinajstić information content (AvgIpc) is 2.65. The molecule has 0 fully saturated rings. The molecule has 6 heteroatoms. The Hall–Kier alpha value is -1.82. The highest BCUT2D eigenvalue weighted by atomic mass is 32.2. The number of nitrogens with zero attached hydrogens (tertiary/aromatic N) is 2. The van der Waals surface area contributed by atoms with Gasteiger partial charge in [0, 0.05) is 12.5 Å². The van der Waals surface area contributed by atoms with E-state index in [0.29, 0.717) is 11.4 Å². The van der Waals surface area contributed by atoms with Gasteiger partial charge in [-0.3, -0.25) is 0 Å². The van der Waals surface area contributed by atoms with Crippen LogP contribution in [-0.4, -0.2) is 24.5 Å². The fourth-order valence-corrected chi connectivity index (χ4v) is 2.04. The van der Waals surface area contributed by atoms with Crippen LogP contribution in [0, 0.1) is 6.92 Å². The molecule has 0 amide bonds. The summed E-state index contributed by atoms with van der Waals surface area (Å²) < 4.78 is 24.1. The van der Waals surface area contributed by atoms with Crippen molar-refractivity contribution in [1.29, 1.82) is 0 Å². The number of aromatic nitrogens is 2. The summed E-state index contributed by atoms with van der Waals surface area (Å²) in [6.45, 7) is 1.94. The maximum Gasteiger partial charge on any atom is 0.178 e. The van der Waals surface area contributed by atoms with E-state index in [2.05, 4.69) is 5.10 Å². The maximum atomic E-state index is 11.3. The maximum absolute atomic E-state index is 11.3. The van der Waals surface area contributed by atoms with E-state index in [4.69, 9.17) is 5.73 Å². The molecular weight excluding hydrogens is 238 g/mol. The van der Waals surface area contributed by atoms with Gasteiger partial charge in [0.1, 0.15) is 4.90 Å². The first kappa shape index (κ1) is 11.7. The van der Waals surface area contributed by atoms with Crippen LogP contribution in [0.1, 0.15) is 5.56 Å². The zero-order valence-corrected chi connectivity index (χ0v) is 10.4. The van der Waals surface area contributed by atoms with Crippen LogP contribution in [0.5, 0.6) is 0 Å². The van der Waals surface area contributed by atoms with Gasteiger partial charge in [0.15, 0.2) is 9.84 Å². The highest BCUT2D eigenvalue weighted by molar-refractivity contribution is 7.90. The third-order valence-corrected chi connectivity index (χ3v) is 3.48. The van der Waals surface area contributed by atoms with E-state index < -0.39 is 9.84 Å². The summed E-state index contributed by atoms with van der Waals surface area (Å²) in [5, 5.41) is 4.00. The number of aryl methyl sites for hydroxylation is 1. The average molecular weight is 251 g/mol. The number of hydrogen-bond donors (Lipinski definition) is 1. The van der Waals surface area contributed by atoms with Crippen molar-refractivity contribution in [3.63, 3.8) is 0 Å².